The molecule has 7 heteroatoms. The van der Waals surface area contributed by atoms with Gasteiger partial charge in [0.15, 0.2) is 0 Å². The van der Waals surface area contributed by atoms with Gasteiger partial charge in [-0.1, -0.05) is 12.2 Å². The van der Waals surface area contributed by atoms with Crippen LogP contribution in [0.2, 0.25) is 0 Å². The molecule has 3 heterocycles. The first-order valence-corrected chi connectivity index (χ1v) is 9.19. The number of hydrogen-bond acceptors (Lipinski definition) is 6. The Morgan fingerprint density at radius 2 is 1.77 bits per heavy atom. The molecule has 136 valence electrons. The van der Waals surface area contributed by atoms with Gasteiger partial charge in [0.25, 0.3) is 11.8 Å². The Balaban J connectivity index is 1.26. The van der Waals surface area contributed by atoms with Gasteiger partial charge in [0.05, 0.1) is 37.8 Å². The third-order valence-electron chi connectivity index (χ3n) is 5.91. The fourth-order valence-electron chi connectivity index (χ4n) is 4.64. The lowest BCUT2D eigenvalue weighted by molar-refractivity contribution is -0.140. The van der Waals surface area contributed by atoms with E-state index in [0.717, 1.165) is 50.0 Å². The number of carbonyl (C=O) groups is 2. The van der Waals surface area contributed by atoms with Crippen molar-refractivity contribution in [3.63, 3.8) is 0 Å². The minimum Gasteiger partial charge on any atom is -0.459 e. The van der Waals surface area contributed by atoms with E-state index in [1.165, 1.54) is 6.21 Å². The summed E-state index contributed by atoms with van der Waals surface area (Å²) in [6.45, 7) is 3.98. The molecule has 3 fully saturated rings. The van der Waals surface area contributed by atoms with E-state index >= 15 is 0 Å². The van der Waals surface area contributed by atoms with E-state index in [4.69, 9.17) is 9.15 Å². The Hall–Kier alpha value is -2.25. The molecule has 2 amide bonds. The van der Waals surface area contributed by atoms with Crippen LogP contribution >= 0.6 is 0 Å². The monoisotopic (exact) mass is 355 g/mol. The van der Waals surface area contributed by atoms with Crippen molar-refractivity contribution in [1.82, 2.24) is 9.91 Å². The molecule has 1 saturated carbocycles. The fourth-order valence-corrected chi connectivity index (χ4v) is 4.64. The number of amides is 2. The molecular formula is C19H21N3O4. The zero-order chi connectivity index (χ0) is 17.7. The number of hydrogen-bond donors (Lipinski definition) is 0. The predicted molar refractivity (Wildman–Crippen MR) is 92.0 cm³/mol. The molecule has 1 aromatic heterocycles. The highest BCUT2D eigenvalue weighted by Gasteiger charge is 2.59. The summed E-state index contributed by atoms with van der Waals surface area (Å²) in [4.78, 5) is 27.4. The summed E-state index contributed by atoms with van der Waals surface area (Å²) >= 11 is 0. The Labute approximate surface area is 151 Å². The maximum Gasteiger partial charge on any atom is 0.254 e. The van der Waals surface area contributed by atoms with Crippen molar-refractivity contribution in [3.05, 3.63) is 35.8 Å². The van der Waals surface area contributed by atoms with Gasteiger partial charge >= 0.3 is 0 Å². The first-order chi connectivity index (χ1) is 12.7. The van der Waals surface area contributed by atoms with Crippen molar-refractivity contribution < 1.29 is 18.7 Å². The average Bonchev–Trinajstić information content (AvgIpc) is 3.41. The van der Waals surface area contributed by atoms with Crippen LogP contribution in [0.1, 0.15) is 17.9 Å². The molecule has 2 aliphatic carbocycles. The second kappa shape index (κ2) is 6.17. The summed E-state index contributed by atoms with van der Waals surface area (Å²) in [7, 11) is 0. The van der Waals surface area contributed by atoms with Gasteiger partial charge in [0.1, 0.15) is 11.5 Å². The van der Waals surface area contributed by atoms with E-state index in [1.54, 1.807) is 0 Å². The molecule has 0 aromatic carbocycles. The van der Waals surface area contributed by atoms with Crippen LogP contribution in [-0.4, -0.2) is 54.2 Å². The molecule has 2 bridgehead atoms. The van der Waals surface area contributed by atoms with Crippen LogP contribution in [0.4, 0.5) is 0 Å². The molecule has 0 unspecified atom stereocenters. The van der Waals surface area contributed by atoms with Crippen molar-refractivity contribution in [2.45, 2.75) is 13.0 Å². The largest absolute Gasteiger partial charge is 0.459 e. The number of ether oxygens (including phenoxy) is 1. The van der Waals surface area contributed by atoms with Gasteiger partial charge in [0, 0.05) is 13.1 Å². The fraction of sp³-hybridized carbons (Fsp3) is 0.526. The van der Waals surface area contributed by atoms with Crippen molar-refractivity contribution in [1.29, 1.82) is 0 Å². The molecule has 7 nitrogen and oxygen atoms in total. The van der Waals surface area contributed by atoms with Gasteiger partial charge in [-0.15, -0.1) is 0 Å². The van der Waals surface area contributed by atoms with Gasteiger partial charge in [-0.3, -0.25) is 14.5 Å². The second-order valence-electron chi connectivity index (χ2n) is 7.43. The molecule has 5 rings (SSSR count). The standard InChI is InChI=1S/C19H21N3O4/c23-18-16-12-1-2-13(9-12)17(16)19(24)22(18)20-10-14-3-4-15(26-14)11-21-5-7-25-8-6-21/h1-4,10,12-13,16-17H,5-9,11H2/b20-10-/t12-,13-,16-,17+/m1/s1. The minimum absolute atomic E-state index is 0.173. The highest BCUT2D eigenvalue weighted by atomic mass is 16.5. The van der Waals surface area contributed by atoms with Crippen LogP contribution in [0.5, 0.6) is 0 Å². The highest BCUT2D eigenvalue weighted by Crippen LogP contribution is 2.52. The van der Waals surface area contributed by atoms with Gasteiger partial charge in [-0.25, -0.2) is 0 Å². The SMILES string of the molecule is O=C1[C@@H]2[C@H](C(=O)N1/N=C\c1ccc(CN3CCOCC3)o1)[C@@H]1C=C[C@@H]2C1. The number of imide groups is 1. The first-order valence-electron chi connectivity index (χ1n) is 9.19. The summed E-state index contributed by atoms with van der Waals surface area (Å²) in [6, 6.07) is 3.72. The summed E-state index contributed by atoms with van der Waals surface area (Å²) < 4.78 is 11.1. The van der Waals surface area contributed by atoms with Gasteiger partial charge in [-0.2, -0.15) is 10.1 Å². The van der Waals surface area contributed by atoms with Crippen LogP contribution in [0, 0.1) is 23.7 Å². The Kier molecular flexibility index (Phi) is 3.79. The lowest BCUT2D eigenvalue weighted by atomic mass is 9.85. The zero-order valence-corrected chi connectivity index (χ0v) is 14.4. The maximum atomic E-state index is 12.6. The first kappa shape index (κ1) is 16.0. The quantitative estimate of drug-likeness (QED) is 0.462. The molecule has 2 saturated heterocycles. The number of allylic oxidation sites excluding steroid dienone is 2. The van der Waals surface area contributed by atoms with Crippen molar-refractivity contribution in [2.24, 2.45) is 28.8 Å². The number of furan rings is 1. The number of morpholine rings is 1. The molecule has 0 spiro atoms. The Morgan fingerprint density at radius 1 is 1.08 bits per heavy atom. The van der Waals surface area contributed by atoms with Crippen LogP contribution < -0.4 is 0 Å². The summed E-state index contributed by atoms with van der Waals surface area (Å²) in [6.07, 6.45) is 6.55. The second-order valence-corrected chi connectivity index (χ2v) is 7.43. The molecule has 1 aromatic rings. The van der Waals surface area contributed by atoms with E-state index in [-0.39, 0.29) is 35.5 Å². The van der Waals surface area contributed by atoms with E-state index in [0.29, 0.717) is 5.76 Å². The Bertz CT molecular complexity index is 762. The third-order valence-corrected chi connectivity index (χ3v) is 5.91. The van der Waals surface area contributed by atoms with Crippen molar-refractivity contribution in [2.75, 3.05) is 26.3 Å². The Morgan fingerprint density at radius 3 is 2.46 bits per heavy atom. The van der Waals surface area contributed by atoms with Gasteiger partial charge in [-0.05, 0) is 30.4 Å². The van der Waals surface area contributed by atoms with Gasteiger partial charge in [0.2, 0.25) is 0 Å². The number of nitrogens with zero attached hydrogens (tertiary/aromatic N) is 3. The van der Waals surface area contributed by atoms with Crippen molar-refractivity contribution >= 4 is 18.0 Å². The highest BCUT2D eigenvalue weighted by molar-refractivity contribution is 6.06. The summed E-state index contributed by atoms with van der Waals surface area (Å²) in [5.41, 5.74) is 0. The normalized spacial score (nSPS) is 33.8. The topological polar surface area (TPSA) is 75.4 Å². The zero-order valence-electron chi connectivity index (χ0n) is 14.4. The third kappa shape index (κ3) is 2.54. The number of carbonyl (C=O) groups excluding carboxylic acids is 2. The van der Waals surface area contributed by atoms with Crippen LogP contribution in [-0.2, 0) is 20.9 Å². The maximum absolute atomic E-state index is 12.6. The predicted octanol–water partition coefficient (Wildman–Crippen LogP) is 1.25. The summed E-state index contributed by atoms with van der Waals surface area (Å²) in [5, 5.41) is 5.20. The van der Waals surface area contributed by atoms with E-state index in [2.05, 4.69) is 22.2 Å². The molecule has 4 atom stereocenters. The number of rotatable bonds is 4. The number of fused-ring (bicyclic) bond motifs is 5. The van der Waals surface area contributed by atoms with Gasteiger partial charge < -0.3 is 9.15 Å². The van der Waals surface area contributed by atoms with Crippen LogP contribution in [0.3, 0.4) is 0 Å². The molecule has 4 aliphatic rings. The van der Waals surface area contributed by atoms with Crippen molar-refractivity contribution in [3.8, 4) is 0 Å². The molecule has 0 N–H and O–H groups in total. The molecule has 26 heavy (non-hydrogen) atoms. The van der Waals surface area contributed by atoms with E-state index < -0.39 is 0 Å². The molecule has 2 aliphatic heterocycles. The van der Waals surface area contributed by atoms with E-state index in [9.17, 15) is 9.59 Å². The van der Waals surface area contributed by atoms with Crippen LogP contribution in [0.25, 0.3) is 0 Å². The lowest BCUT2D eigenvalue weighted by Crippen LogP contribution is -2.35. The van der Waals surface area contributed by atoms with Crippen LogP contribution in [0.15, 0.2) is 33.8 Å². The molecular weight excluding hydrogens is 334 g/mol. The minimum atomic E-state index is -0.219. The summed E-state index contributed by atoms with van der Waals surface area (Å²) in [5.74, 6) is 1.00. The lowest BCUT2D eigenvalue weighted by Gasteiger charge is -2.25. The average molecular weight is 355 g/mol. The smallest absolute Gasteiger partial charge is 0.254 e. The number of hydrazone groups is 1. The molecule has 0 radical (unpaired) electrons. The van der Waals surface area contributed by atoms with E-state index in [1.807, 2.05) is 12.1 Å².